The van der Waals surface area contributed by atoms with Crippen LogP contribution in [0, 0.1) is 0 Å². The van der Waals surface area contributed by atoms with Gasteiger partial charge in [0.05, 0.1) is 0 Å². The maximum atomic E-state index is 11.5. The fourth-order valence-corrected chi connectivity index (χ4v) is 0.926. The molecule has 0 aliphatic heterocycles. The standard InChI is InChI=1S/C8H15N5O2/c1-8(2,3)15-7(14)5(9)4-6-10-12-13-11-6/h5H,4,9H2,1-3H3,(H,10,11,12,13)/t5-/m0/s1. The van der Waals surface area contributed by atoms with Gasteiger partial charge >= 0.3 is 5.97 Å². The lowest BCUT2D eigenvalue weighted by molar-refractivity contribution is -0.156. The highest BCUT2D eigenvalue weighted by molar-refractivity contribution is 5.76. The highest BCUT2D eigenvalue weighted by Crippen LogP contribution is 2.08. The molecule has 1 aromatic rings. The van der Waals surface area contributed by atoms with E-state index in [9.17, 15) is 4.79 Å². The molecule has 0 aromatic carbocycles. The van der Waals surface area contributed by atoms with Crippen LogP contribution in [0.4, 0.5) is 0 Å². The zero-order valence-corrected chi connectivity index (χ0v) is 9.02. The number of nitrogens with two attached hydrogens (primary N) is 1. The summed E-state index contributed by atoms with van der Waals surface area (Å²) in [7, 11) is 0. The Kier molecular flexibility index (Phi) is 3.35. The van der Waals surface area contributed by atoms with E-state index in [1.165, 1.54) is 0 Å². The Balaban J connectivity index is 2.47. The van der Waals surface area contributed by atoms with Gasteiger partial charge in [-0.3, -0.25) is 4.79 Å². The summed E-state index contributed by atoms with van der Waals surface area (Å²) in [5, 5.41) is 13.0. The Morgan fingerprint density at radius 1 is 1.60 bits per heavy atom. The molecule has 0 aliphatic rings. The van der Waals surface area contributed by atoms with E-state index in [0.29, 0.717) is 5.82 Å². The number of hydrogen-bond donors (Lipinski definition) is 2. The fourth-order valence-electron chi connectivity index (χ4n) is 0.926. The number of nitrogens with one attached hydrogen (secondary N) is 1. The van der Waals surface area contributed by atoms with Gasteiger partial charge in [-0.15, -0.1) is 10.2 Å². The van der Waals surface area contributed by atoms with Gasteiger partial charge < -0.3 is 10.5 Å². The second kappa shape index (κ2) is 4.35. The molecule has 0 unspecified atom stereocenters. The minimum atomic E-state index is -0.762. The molecular weight excluding hydrogens is 198 g/mol. The molecule has 0 saturated heterocycles. The van der Waals surface area contributed by atoms with Crippen LogP contribution in [-0.4, -0.2) is 38.2 Å². The number of nitrogens with zero attached hydrogens (tertiary/aromatic N) is 3. The Labute approximate surface area is 87.4 Å². The van der Waals surface area contributed by atoms with E-state index >= 15 is 0 Å². The summed E-state index contributed by atoms with van der Waals surface area (Å²) in [5.74, 6) is -0.0688. The molecule has 0 bridgehead atoms. The van der Waals surface area contributed by atoms with Crippen LogP contribution in [-0.2, 0) is 16.0 Å². The first-order chi connectivity index (χ1) is 6.88. The van der Waals surface area contributed by atoms with Gasteiger partial charge in [0.15, 0.2) is 5.82 Å². The summed E-state index contributed by atoms with van der Waals surface area (Å²) in [6, 6.07) is -0.762. The molecule has 1 heterocycles. The molecule has 1 aromatic heterocycles. The largest absolute Gasteiger partial charge is 0.459 e. The van der Waals surface area contributed by atoms with E-state index in [-0.39, 0.29) is 6.42 Å². The second-order valence-electron chi connectivity index (χ2n) is 4.17. The Bertz CT molecular complexity index is 316. The van der Waals surface area contributed by atoms with Crippen LogP contribution in [0.1, 0.15) is 26.6 Å². The lowest BCUT2D eigenvalue weighted by atomic mass is 10.1. The first-order valence-electron chi connectivity index (χ1n) is 4.59. The van der Waals surface area contributed by atoms with Crippen LogP contribution < -0.4 is 5.73 Å². The molecule has 15 heavy (non-hydrogen) atoms. The van der Waals surface area contributed by atoms with Crippen molar-refractivity contribution >= 4 is 5.97 Å². The molecule has 1 atom stereocenters. The number of aromatic nitrogens is 4. The van der Waals surface area contributed by atoms with Crippen molar-refractivity contribution in [3.05, 3.63) is 5.82 Å². The molecule has 3 N–H and O–H groups in total. The number of ether oxygens (including phenoxy) is 1. The van der Waals surface area contributed by atoms with E-state index in [0.717, 1.165) is 0 Å². The Morgan fingerprint density at radius 3 is 2.73 bits per heavy atom. The van der Waals surface area contributed by atoms with E-state index in [1.807, 2.05) is 0 Å². The number of aromatic amines is 1. The van der Waals surface area contributed by atoms with E-state index < -0.39 is 17.6 Å². The summed E-state index contributed by atoms with van der Waals surface area (Å²) < 4.78 is 5.10. The normalized spacial score (nSPS) is 13.6. The molecule has 1 rings (SSSR count). The molecule has 84 valence electrons. The van der Waals surface area contributed by atoms with E-state index in [2.05, 4.69) is 20.6 Å². The van der Waals surface area contributed by atoms with Crippen molar-refractivity contribution in [3.8, 4) is 0 Å². The molecule has 0 amide bonds. The van der Waals surface area contributed by atoms with Gasteiger partial charge in [-0.25, -0.2) is 0 Å². The van der Waals surface area contributed by atoms with Crippen LogP contribution in [0.3, 0.4) is 0 Å². The van der Waals surface area contributed by atoms with Gasteiger partial charge in [0.25, 0.3) is 0 Å². The molecular formula is C8H15N5O2. The number of carbonyl (C=O) groups is 1. The van der Waals surface area contributed by atoms with Crippen LogP contribution in [0.15, 0.2) is 0 Å². The zero-order valence-electron chi connectivity index (χ0n) is 9.02. The van der Waals surface area contributed by atoms with E-state index in [1.54, 1.807) is 20.8 Å². The van der Waals surface area contributed by atoms with Crippen molar-refractivity contribution < 1.29 is 9.53 Å². The number of carbonyl (C=O) groups excluding carboxylic acids is 1. The molecule has 0 saturated carbocycles. The lowest BCUT2D eigenvalue weighted by Crippen LogP contribution is -2.39. The van der Waals surface area contributed by atoms with Crippen LogP contribution in [0.2, 0.25) is 0 Å². The van der Waals surface area contributed by atoms with Crippen molar-refractivity contribution in [1.29, 1.82) is 0 Å². The van der Waals surface area contributed by atoms with Crippen LogP contribution in [0.25, 0.3) is 0 Å². The summed E-state index contributed by atoms with van der Waals surface area (Å²) >= 11 is 0. The molecule has 7 heteroatoms. The first-order valence-corrected chi connectivity index (χ1v) is 4.59. The summed E-state index contributed by atoms with van der Waals surface area (Å²) in [5.41, 5.74) is 5.08. The van der Waals surface area contributed by atoms with Crippen LogP contribution in [0.5, 0.6) is 0 Å². The van der Waals surface area contributed by atoms with Gasteiger partial charge in [-0.2, -0.15) is 5.21 Å². The number of esters is 1. The van der Waals surface area contributed by atoms with Crippen molar-refractivity contribution in [2.24, 2.45) is 5.73 Å². The SMILES string of the molecule is CC(C)(C)OC(=O)[C@@H](N)Cc1nn[nH]n1. The quantitative estimate of drug-likeness (QED) is 0.650. The van der Waals surface area contributed by atoms with Gasteiger partial charge in [-0.1, -0.05) is 5.21 Å². The summed E-state index contributed by atoms with van der Waals surface area (Å²) in [6.07, 6.45) is 0.214. The van der Waals surface area contributed by atoms with Crippen LogP contribution >= 0.6 is 0 Å². The average Bonchev–Trinajstić information content (AvgIpc) is 2.53. The molecule has 0 radical (unpaired) electrons. The molecule has 0 aliphatic carbocycles. The minimum Gasteiger partial charge on any atom is -0.459 e. The third kappa shape index (κ3) is 4.03. The maximum Gasteiger partial charge on any atom is 0.323 e. The minimum absolute atomic E-state index is 0.214. The first kappa shape index (κ1) is 11.6. The highest BCUT2D eigenvalue weighted by atomic mass is 16.6. The third-order valence-corrected chi connectivity index (χ3v) is 1.50. The van der Waals surface area contributed by atoms with Gasteiger partial charge in [0, 0.05) is 6.42 Å². The lowest BCUT2D eigenvalue weighted by Gasteiger charge is -2.21. The molecule has 7 nitrogen and oxygen atoms in total. The maximum absolute atomic E-state index is 11.5. The van der Waals surface area contributed by atoms with Gasteiger partial charge in [0.1, 0.15) is 11.6 Å². The predicted octanol–water partition coefficient (Wildman–Crippen LogP) is -0.589. The highest BCUT2D eigenvalue weighted by Gasteiger charge is 2.23. The number of hydrogen-bond acceptors (Lipinski definition) is 6. The molecule has 0 spiro atoms. The smallest absolute Gasteiger partial charge is 0.323 e. The Hall–Kier alpha value is -1.50. The monoisotopic (exact) mass is 213 g/mol. The van der Waals surface area contributed by atoms with Gasteiger partial charge in [-0.05, 0) is 20.8 Å². The van der Waals surface area contributed by atoms with Crippen molar-refractivity contribution in [2.75, 3.05) is 0 Å². The predicted molar refractivity (Wildman–Crippen MR) is 51.7 cm³/mol. The van der Waals surface area contributed by atoms with Gasteiger partial charge in [0.2, 0.25) is 0 Å². The summed E-state index contributed by atoms with van der Waals surface area (Å²) in [6.45, 7) is 5.35. The summed E-state index contributed by atoms with van der Waals surface area (Å²) in [4.78, 5) is 11.5. The average molecular weight is 213 g/mol. The number of tetrazole rings is 1. The topological polar surface area (TPSA) is 107 Å². The number of rotatable bonds is 3. The fraction of sp³-hybridized carbons (Fsp3) is 0.750. The van der Waals surface area contributed by atoms with Crippen molar-refractivity contribution in [3.63, 3.8) is 0 Å². The number of H-pyrrole nitrogens is 1. The molecule has 0 fully saturated rings. The third-order valence-electron chi connectivity index (χ3n) is 1.50. The second-order valence-corrected chi connectivity index (χ2v) is 4.17. The Morgan fingerprint density at radius 2 is 2.27 bits per heavy atom. The van der Waals surface area contributed by atoms with E-state index in [4.69, 9.17) is 10.5 Å². The van der Waals surface area contributed by atoms with Crippen molar-refractivity contribution in [1.82, 2.24) is 20.6 Å². The van der Waals surface area contributed by atoms with Crippen molar-refractivity contribution in [2.45, 2.75) is 38.8 Å². The zero-order chi connectivity index (χ0) is 11.5.